The highest BCUT2D eigenvalue weighted by molar-refractivity contribution is 5.94. The Balaban J connectivity index is 1.91. The van der Waals surface area contributed by atoms with Crippen LogP contribution in [-0.2, 0) is 12.0 Å². The molecule has 0 bridgehead atoms. The molecule has 0 saturated heterocycles. The Morgan fingerprint density at radius 1 is 1.17 bits per heavy atom. The van der Waals surface area contributed by atoms with Gasteiger partial charge in [-0.1, -0.05) is 39.0 Å². The maximum absolute atomic E-state index is 12.1. The van der Waals surface area contributed by atoms with Crippen molar-refractivity contribution in [2.45, 2.75) is 38.8 Å². The summed E-state index contributed by atoms with van der Waals surface area (Å²) in [7, 11) is 0. The summed E-state index contributed by atoms with van der Waals surface area (Å²) in [5.74, 6) is -0.241. The average molecular weight is 328 g/mol. The lowest BCUT2D eigenvalue weighted by Gasteiger charge is -2.19. The van der Waals surface area contributed by atoms with Gasteiger partial charge in [-0.05, 0) is 29.2 Å². The van der Waals surface area contributed by atoms with Crippen molar-refractivity contribution in [2.24, 2.45) is 0 Å². The number of hydrogen-bond acceptors (Lipinski definition) is 3. The molecule has 2 rings (SSSR count). The second kappa shape index (κ2) is 7.45. The summed E-state index contributed by atoms with van der Waals surface area (Å²) in [4.78, 5) is 23.7. The second-order valence-corrected chi connectivity index (χ2v) is 6.88. The first-order valence-electron chi connectivity index (χ1n) is 7.99. The molecule has 1 amide bonds. The summed E-state index contributed by atoms with van der Waals surface area (Å²) < 4.78 is 1.41. The lowest BCUT2D eigenvalue weighted by atomic mass is 9.87. The van der Waals surface area contributed by atoms with Crippen molar-refractivity contribution >= 4 is 5.91 Å². The van der Waals surface area contributed by atoms with E-state index < -0.39 is 6.10 Å². The Morgan fingerprint density at radius 3 is 2.42 bits per heavy atom. The molecule has 24 heavy (non-hydrogen) atoms. The van der Waals surface area contributed by atoms with Crippen molar-refractivity contribution in [3.8, 4) is 0 Å². The number of nitrogens with one attached hydrogen (secondary N) is 1. The third-order valence-corrected chi connectivity index (χ3v) is 3.82. The van der Waals surface area contributed by atoms with E-state index in [9.17, 15) is 14.7 Å². The van der Waals surface area contributed by atoms with Gasteiger partial charge < -0.3 is 15.0 Å². The fourth-order valence-corrected chi connectivity index (χ4v) is 2.34. The molecule has 0 saturated carbocycles. The van der Waals surface area contributed by atoms with Gasteiger partial charge in [-0.15, -0.1) is 0 Å². The van der Waals surface area contributed by atoms with Gasteiger partial charge in [0.1, 0.15) is 0 Å². The highest BCUT2D eigenvalue weighted by atomic mass is 16.3. The van der Waals surface area contributed by atoms with E-state index >= 15 is 0 Å². The van der Waals surface area contributed by atoms with Crippen molar-refractivity contribution in [1.82, 2.24) is 9.88 Å². The fraction of sp³-hybridized carbons (Fsp3) is 0.368. The Hall–Kier alpha value is -2.40. The molecule has 0 radical (unpaired) electrons. The predicted octanol–water partition coefficient (Wildman–Crippen LogP) is 1.94. The molecule has 1 unspecified atom stereocenters. The van der Waals surface area contributed by atoms with E-state index in [2.05, 4.69) is 26.1 Å². The molecular weight excluding hydrogens is 304 g/mol. The molecule has 5 nitrogen and oxygen atoms in total. The van der Waals surface area contributed by atoms with E-state index in [-0.39, 0.29) is 30.0 Å². The molecule has 2 N–H and O–H groups in total. The number of carbonyl (C=O) groups is 1. The van der Waals surface area contributed by atoms with Crippen LogP contribution in [0.3, 0.4) is 0 Å². The Bertz CT molecular complexity index is 742. The SMILES string of the molecule is CC(C)(C)c1ccc(C(=O)NCC(O)Cn2ccccc2=O)cc1. The number of carbonyl (C=O) groups excluding carboxylic acids is 1. The van der Waals surface area contributed by atoms with Crippen molar-refractivity contribution in [1.29, 1.82) is 0 Å². The lowest BCUT2D eigenvalue weighted by molar-refractivity contribution is 0.0903. The molecule has 2 aromatic rings. The van der Waals surface area contributed by atoms with Crippen LogP contribution < -0.4 is 10.9 Å². The highest BCUT2D eigenvalue weighted by Crippen LogP contribution is 2.22. The minimum atomic E-state index is -0.831. The van der Waals surface area contributed by atoms with Crippen LogP contribution in [-0.4, -0.2) is 28.2 Å². The van der Waals surface area contributed by atoms with Crippen molar-refractivity contribution in [2.75, 3.05) is 6.54 Å². The van der Waals surface area contributed by atoms with Crippen LogP contribution in [0.1, 0.15) is 36.7 Å². The lowest BCUT2D eigenvalue weighted by Crippen LogP contribution is -2.36. The van der Waals surface area contributed by atoms with E-state index in [0.29, 0.717) is 5.56 Å². The minimum Gasteiger partial charge on any atom is -0.389 e. The molecular formula is C19H24N2O3. The topological polar surface area (TPSA) is 71.3 Å². The maximum atomic E-state index is 12.1. The Morgan fingerprint density at radius 2 is 1.83 bits per heavy atom. The van der Waals surface area contributed by atoms with Crippen LogP contribution in [0.15, 0.2) is 53.5 Å². The summed E-state index contributed by atoms with van der Waals surface area (Å²) in [6.07, 6.45) is 0.779. The first-order valence-corrected chi connectivity index (χ1v) is 7.99. The molecule has 0 fully saturated rings. The minimum absolute atomic E-state index is 0.0359. The molecule has 0 spiro atoms. The van der Waals surface area contributed by atoms with Crippen LogP contribution >= 0.6 is 0 Å². The van der Waals surface area contributed by atoms with Gasteiger partial charge in [0.25, 0.3) is 11.5 Å². The van der Waals surface area contributed by atoms with E-state index in [1.54, 1.807) is 30.5 Å². The molecule has 1 heterocycles. The zero-order valence-corrected chi connectivity index (χ0v) is 14.3. The van der Waals surface area contributed by atoms with Gasteiger partial charge in [-0.2, -0.15) is 0 Å². The Labute approximate surface area is 142 Å². The molecule has 1 atom stereocenters. The maximum Gasteiger partial charge on any atom is 0.251 e. The third kappa shape index (κ3) is 4.80. The summed E-state index contributed by atoms with van der Waals surface area (Å²) >= 11 is 0. The van der Waals surface area contributed by atoms with Gasteiger partial charge >= 0.3 is 0 Å². The summed E-state index contributed by atoms with van der Waals surface area (Å²) in [6, 6.07) is 12.2. The number of pyridine rings is 1. The van der Waals surface area contributed by atoms with Gasteiger partial charge in [0.15, 0.2) is 0 Å². The van der Waals surface area contributed by atoms with E-state index in [4.69, 9.17) is 0 Å². The monoisotopic (exact) mass is 328 g/mol. The number of amides is 1. The van der Waals surface area contributed by atoms with Crippen LogP contribution in [0.25, 0.3) is 0 Å². The van der Waals surface area contributed by atoms with E-state index in [1.807, 2.05) is 12.1 Å². The largest absolute Gasteiger partial charge is 0.389 e. The van der Waals surface area contributed by atoms with Gasteiger partial charge in [0.2, 0.25) is 0 Å². The second-order valence-electron chi connectivity index (χ2n) is 6.88. The normalized spacial score (nSPS) is 12.7. The Kier molecular flexibility index (Phi) is 5.57. The predicted molar refractivity (Wildman–Crippen MR) is 94.2 cm³/mol. The molecule has 0 aliphatic rings. The number of rotatable bonds is 5. The fourth-order valence-electron chi connectivity index (χ4n) is 2.34. The van der Waals surface area contributed by atoms with E-state index in [0.717, 1.165) is 5.56 Å². The third-order valence-electron chi connectivity index (χ3n) is 3.82. The van der Waals surface area contributed by atoms with Crippen LogP contribution in [0.2, 0.25) is 0 Å². The van der Waals surface area contributed by atoms with E-state index in [1.165, 1.54) is 10.6 Å². The molecule has 1 aromatic carbocycles. The van der Waals surface area contributed by atoms with Crippen LogP contribution in [0.5, 0.6) is 0 Å². The van der Waals surface area contributed by atoms with Gasteiger partial charge in [-0.25, -0.2) is 0 Å². The van der Waals surface area contributed by atoms with Crippen LogP contribution in [0, 0.1) is 0 Å². The first kappa shape index (κ1) is 17.9. The van der Waals surface area contributed by atoms with Crippen molar-refractivity contribution < 1.29 is 9.90 Å². The van der Waals surface area contributed by atoms with Gasteiger partial charge in [0, 0.05) is 24.4 Å². The average Bonchev–Trinajstić information content (AvgIpc) is 2.54. The summed E-state index contributed by atoms with van der Waals surface area (Å²) in [5, 5.41) is 12.7. The van der Waals surface area contributed by atoms with Gasteiger partial charge in [-0.3, -0.25) is 9.59 Å². The quantitative estimate of drug-likeness (QED) is 0.881. The number of hydrogen-bond donors (Lipinski definition) is 2. The molecule has 5 heteroatoms. The summed E-state index contributed by atoms with van der Waals surface area (Å²) in [6.45, 7) is 6.57. The molecule has 0 aliphatic carbocycles. The number of aromatic nitrogens is 1. The zero-order chi connectivity index (χ0) is 17.7. The smallest absolute Gasteiger partial charge is 0.251 e. The summed E-state index contributed by atoms with van der Waals surface area (Å²) in [5.41, 5.74) is 1.56. The van der Waals surface area contributed by atoms with Crippen molar-refractivity contribution in [3.63, 3.8) is 0 Å². The number of nitrogens with zero attached hydrogens (tertiary/aromatic N) is 1. The molecule has 1 aromatic heterocycles. The van der Waals surface area contributed by atoms with Gasteiger partial charge in [0.05, 0.1) is 12.6 Å². The molecule has 0 aliphatic heterocycles. The molecule has 128 valence electrons. The number of aliphatic hydroxyl groups excluding tert-OH is 1. The number of benzene rings is 1. The zero-order valence-electron chi connectivity index (χ0n) is 14.3. The number of aliphatic hydroxyl groups is 1. The standard InChI is InChI=1S/C19H24N2O3/c1-19(2,3)15-9-7-14(8-10-15)18(24)20-12-16(22)13-21-11-5-4-6-17(21)23/h4-11,16,22H,12-13H2,1-3H3,(H,20,24). The van der Waals surface area contributed by atoms with Crippen LogP contribution in [0.4, 0.5) is 0 Å². The van der Waals surface area contributed by atoms with Crippen molar-refractivity contribution in [3.05, 3.63) is 70.1 Å². The highest BCUT2D eigenvalue weighted by Gasteiger charge is 2.15. The first-order chi connectivity index (χ1) is 11.3.